The van der Waals surface area contributed by atoms with Crippen molar-refractivity contribution in [2.24, 2.45) is 0 Å². The van der Waals surface area contributed by atoms with Gasteiger partial charge in [0.15, 0.2) is 0 Å². The van der Waals surface area contributed by atoms with Crippen LogP contribution in [0.3, 0.4) is 0 Å². The number of halogens is 2. The molecule has 19 heavy (non-hydrogen) atoms. The van der Waals surface area contributed by atoms with Crippen molar-refractivity contribution in [2.75, 3.05) is 23.4 Å². The van der Waals surface area contributed by atoms with Crippen molar-refractivity contribution in [3.8, 4) is 0 Å². The maximum atomic E-state index is 13.3. The SMILES string of the molecule is O=C(CNC1CCSCC1)Nc1c(F)cccc1F. The van der Waals surface area contributed by atoms with Crippen molar-refractivity contribution < 1.29 is 13.6 Å². The highest BCUT2D eigenvalue weighted by Gasteiger charge is 2.16. The van der Waals surface area contributed by atoms with E-state index in [-0.39, 0.29) is 12.2 Å². The average Bonchev–Trinajstić information content (AvgIpc) is 2.42. The molecule has 1 aliphatic heterocycles. The number of nitrogens with one attached hydrogen (secondary N) is 2. The summed E-state index contributed by atoms with van der Waals surface area (Å²) in [6, 6.07) is 3.81. The van der Waals surface area contributed by atoms with Gasteiger partial charge in [-0.1, -0.05) is 6.07 Å². The van der Waals surface area contributed by atoms with E-state index in [2.05, 4.69) is 10.6 Å². The molecule has 2 rings (SSSR count). The van der Waals surface area contributed by atoms with Crippen LogP contribution in [0.2, 0.25) is 0 Å². The van der Waals surface area contributed by atoms with Gasteiger partial charge in [-0.2, -0.15) is 11.8 Å². The molecule has 1 aliphatic rings. The first kappa shape index (κ1) is 14.3. The standard InChI is InChI=1S/C13H16F2N2OS/c14-10-2-1-3-11(15)13(10)17-12(18)8-16-9-4-6-19-7-5-9/h1-3,9,16H,4-8H2,(H,17,18). The molecule has 0 atom stereocenters. The van der Waals surface area contributed by atoms with Gasteiger partial charge in [0.25, 0.3) is 0 Å². The molecule has 104 valence electrons. The van der Waals surface area contributed by atoms with E-state index >= 15 is 0 Å². The van der Waals surface area contributed by atoms with E-state index in [9.17, 15) is 13.6 Å². The van der Waals surface area contributed by atoms with Gasteiger partial charge < -0.3 is 10.6 Å². The second kappa shape index (κ2) is 6.86. The summed E-state index contributed by atoms with van der Waals surface area (Å²) in [7, 11) is 0. The summed E-state index contributed by atoms with van der Waals surface area (Å²) >= 11 is 1.90. The predicted molar refractivity (Wildman–Crippen MR) is 73.3 cm³/mol. The number of hydrogen-bond acceptors (Lipinski definition) is 3. The molecule has 0 saturated carbocycles. The van der Waals surface area contributed by atoms with Crippen molar-refractivity contribution >= 4 is 23.4 Å². The fourth-order valence-corrected chi connectivity index (χ4v) is 3.05. The molecule has 0 bridgehead atoms. The Balaban J connectivity index is 1.83. The molecule has 0 aliphatic carbocycles. The number of para-hydroxylation sites is 1. The number of carbonyl (C=O) groups excluding carboxylic acids is 1. The molecule has 1 heterocycles. The minimum Gasteiger partial charge on any atom is -0.320 e. The van der Waals surface area contributed by atoms with Crippen LogP contribution < -0.4 is 10.6 Å². The molecule has 1 amide bonds. The Morgan fingerprint density at radius 2 is 1.89 bits per heavy atom. The third kappa shape index (κ3) is 4.18. The molecule has 2 N–H and O–H groups in total. The topological polar surface area (TPSA) is 41.1 Å². The lowest BCUT2D eigenvalue weighted by Gasteiger charge is -2.22. The van der Waals surface area contributed by atoms with Gasteiger partial charge in [0.1, 0.15) is 17.3 Å². The van der Waals surface area contributed by atoms with Crippen LogP contribution in [0.15, 0.2) is 18.2 Å². The number of rotatable bonds is 4. The van der Waals surface area contributed by atoms with Gasteiger partial charge >= 0.3 is 0 Å². The van der Waals surface area contributed by atoms with Gasteiger partial charge in [0.2, 0.25) is 5.91 Å². The second-order valence-electron chi connectivity index (χ2n) is 4.41. The van der Waals surface area contributed by atoms with Crippen molar-refractivity contribution in [1.29, 1.82) is 0 Å². The Morgan fingerprint density at radius 1 is 1.26 bits per heavy atom. The Morgan fingerprint density at radius 3 is 2.53 bits per heavy atom. The van der Waals surface area contributed by atoms with E-state index < -0.39 is 17.5 Å². The van der Waals surface area contributed by atoms with Gasteiger partial charge in [0, 0.05) is 6.04 Å². The second-order valence-corrected chi connectivity index (χ2v) is 5.64. The zero-order valence-electron chi connectivity index (χ0n) is 10.4. The Kier molecular flexibility index (Phi) is 5.15. The van der Waals surface area contributed by atoms with Gasteiger partial charge in [-0.15, -0.1) is 0 Å². The minimum atomic E-state index is -0.762. The predicted octanol–water partition coefficient (Wildman–Crippen LogP) is 2.39. The molecule has 6 heteroatoms. The number of anilines is 1. The third-order valence-electron chi connectivity index (χ3n) is 3.00. The Labute approximate surface area is 115 Å². The molecule has 0 spiro atoms. The van der Waals surface area contributed by atoms with Gasteiger partial charge in [-0.05, 0) is 36.5 Å². The van der Waals surface area contributed by atoms with E-state index in [0.29, 0.717) is 6.04 Å². The first-order valence-electron chi connectivity index (χ1n) is 6.22. The summed E-state index contributed by atoms with van der Waals surface area (Å²) in [5, 5.41) is 5.37. The fourth-order valence-electron chi connectivity index (χ4n) is 1.94. The Hall–Kier alpha value is -1.14. The number of thioether (sulfide) groups is 1. The van der Waals surface area contributed by atoms with Crippen LogP contribution in [0, 0.1) is 11.6 Å². The number of hydrogen-bond donors (Lipinski definition) is 2. The largest absolute Gasteiger partial charge is 0.320 e. The quantitative estimate of drug-likeness (QED) is 0.893. The first-order valence-corrected chi connectivity index (χ1v) is 7.37. The van der Waals surface area contributed by atoms with Crippen molar-refractivity contribution in [2.45, 2.75) is 18.9 Å². The molecule has 1 aromatic carbocycles. The number of carbonyl (C=O) groups is 1. The fraction of sp³-hybridized carbons (Fsp3) is 0.462. The lowest BCUT2D eigenvalue weighted by atomic mass is 10.1. The summed E-state index contributed by atoms with van der Waals surface area (Å²) in [5.41, 5.74) is -0.381. The van der Waals surface area contributed by atoms with Crippen LogP contribution in [0.1, 0.15) is 12.8 Å². The molecular formula is C13H16F2N2OS. The summed E-state index contributed by atoms with van der Waals surface area (Å²) in [6.07, 6.45) is 2.04. The highest BCUT2D eigenvalue weighted by Crippen LogP contribution is 2.18. The van der Waals surface area contributed by atoms with E-state index in [4.69, 9.17) is 0 Å². The number of amides is 1. The summed E-state index contributed by atoms with van der Waals surface area (Å²) < 4.78 is 26.7. The molecular weight excluding hydrogens is 270 g/mol. The van der Waals surface area contributed by atoms with Crippen LogP contribution in [0.5, 0.6) is 0 Å². The maximum Gasteiger partial charge on any atom is 0.238 e. The number of benzene rings is 1. The van der Waals surface area contributed by atoms with Crippen LogP contribution in [0.4, 0.5) is 14.5 Å². The molecule has 1 aromatic rings. The van der Waals surface area contributed by atoms with Crippen LogP contribution in [-0.2, 0) is 4.79 Å². The van der Waals surface area contributed by atoms with Crippen molar-refractivity contribution in [3.63, 3.8) is 0 Å². The summed E-state index contributed by atoms with van der Waals surface area (Å²) in [4.78, 5) is 11.6. The molecule has 3 nitrogen and oxygen atoms in total. The minimum absolute atomic E-state index is 0.0725. The van der Waals surface area contributed by atoms with E-state index in [1.54, 1.807) is 0 Å². The van der Waals surface area contributed by atoms with Crippen molar-refractivity contribution in [3.05, 3.63) is 29.8 Å². The lowest BCUT2D eigenvalue weighted by molar-refractivity contribution is -0.115. The van der Waals surface area contributed by atoms with Gasteiger partial charge in [-0.3, -0.25) is 4.79 Å². The van der Waals surface area contributed by atoms with Crippen LogP contribution in [0.25, 0.3) is 0 Å². The Bertz CT molecular complexity index is 430. The molecule has 1 saturated heterocycles. The zero-order valence-corrected chi connectivity index (χ0v) is 11.2. The monoisotopic (exact) mass is 286 g/mol. The first-order chi connectivity index (χ1) is 9.16. The highest BCUT2D eigenvalue weighted by molar-refractivity contribution is 7.99. The normalized spacial score (nSPS) is 16.3. The maximum absolute atomic E-state index is 13.3. The van der Waals surface area contributed by atoms with E-state index in [1.807, 2.05) is 11.8 Å². The van der Waals surface area contributed by atoms with Gasteiger partial charge in [0.05, 0.1) is 6.54 Å². The average molecular weight is 286 g/mol. The zero-order chi connectivity index (χ0) is 13.7. The van der Waals surface area contributed by atoms with E-state index in [1.165, 1.54) is 6.07 Å². The summed E-state index contributed by atoms with van der Waals surface area (Å²) in [5.74, 6) is 0.217. The highest BCUT2D eigenvalue weighted by atomic mass is 32.2. The molecule has 0 radical (unpaired) electrons. The van der Waals surface area contributed by atoms with Crippen LogP contribution in [-0.4, -0.2) is 30.0 Å². The van der Waals surface area contributed by atoms with Crippen LogP contribution >= 0.6 is 11.8 Å². The smallest absolute Gasteiger partial charge is 0.238 e. The van der Waals surface area contributed by atoms with E-state index in [0.717, 1.165) is 36.5 Å². The van der Waals surface area contributed by atoms with Crippen molar-refractivity contribution in [1.82, 2.24) is 5.32 Å². The molecule has 0 unspecified atom stereocenters. The molecule has 0 aromatic heterocycles. The molecule has 1 fully saturated rings. The lowest BCUT2D eigenvalue weighted by Crippen LogP contribution is -2.38. The third-order valence-corrected chi connectivity index (χ3v) is 4.05. The summed E-state index contributed by atoms with van der Waals surface area (Å²) in [6.45, 7) is 0.0725. The van der Waals surface area contributed by atoms with Gasteiger partial charge in [-0.25, -0.2) is 8.78 Å².